The van der Waals surface area contributed by atoms with Crippen molar-refractivity contribution in [1.82, 2.24) is 19.9 Å². The van der Waals surface area contributed by atoms with E-state index in [1.807, 2.05) is 0 Å². The third kappa shape index (κ3) is 3.62. The van der Waals surface area contributed by atoms with Gasteiger partial charge in [-0.1, -0.05) is 0 Å². The average Bonchev–Trinajstić information content (AvgIpc) is 2.58. The average molecular weight is 311 g/mol. The molecule has 0 bridgehead atoms. The van der Waals surface area contributed by atoms with E-state index in [1.165, 1.54) is 49.3 Å². The molecule has 3 heterocycles. The number of anilines is 1. The predicted molar refractivity (Wildman–Crippen MR) is 78.5 cm³/mol. The molecule has 0 aliphatic rings. The third-order valence-corrected chi connectivity index (χ3v) is 2.73. The summed E-state index contributed by atoms with van der Waals surface area (Å²) in [6.45, 7) is 0. The molecule has 1 N–H and O–H groups in total. The number of nitrogens with zero attached hydrogens (tertiary/aromatic N) is 4. The van der Waals surface area contributed by atoms with Gasteiger partial charge in [-0.3, -0.25) is 9.78 Å². The summed E-state index contributed by atoms with van der Waals surface area (Å²) in [4.78, 5) is 27.4. The molecule has 0 unspecified atom stereocenters. The first-order chi connectivity index (χ1) is 11.2. The lowest BCUT2D eigenvalue weighted by atomic mass is 10.3. The summed E-state index contributed by atoms with van der Waals surface area (Å²) in [5.74, 6) is -0.601. The minimum Gasteiger partial charge on any atom is -0.454 e. The van der Waals surface area contributed by atoms with Crippen LogP contribution in [0.2, 0.25) is 0 Å². The topological polar surface area (TPSA) is 89.9 Å². The Balaban J connectivity index is 1.77. The lowest BCUT2D eigenvalue weighted by Crippen LogP contribution is -2.15. The van der Waals surface area contributed by atoms with Crippen molar-refractivity contribution < 1.29 is 13.9 Å². The highest BCUT2D eigenvalue weighted by atomic mass is 19.1. The second-order valence-electron chi connectivity index (χ2n) is 4.34. The van der Waals surface area contributed by atoms with Crippen molar-refractivity contribution in [3.63, 3.8) is 0 Å². The first-order valence-corrected chi connectivity index (χ1v) is 6.53. The fraction of sp³-hybridized carbons (Fsp3) is 0. The molecular formula is C15H10FN5O2. The molecule has 114 valence electrons. The molecule has 7 nitrogen and oxygen atoms in total. The van der Waals surface area contributed by atoms with Crippen molar-refractivity contribution in [3.05, 3.63) is 66.9 Å². The Morgan fingerprint density at radius 1 is 1.09 bits per heavy atom. The van der Waals surface area contributed by atoms with Crippen molar-refractivity contribution >= 4 is 11.7 Å². The van der Waals surface area contributed by atoms with Crippen LogP contribution in [0.15, 0.2) is 55.4 Å². The minimum absolute atomic E-state index is 0.0596. The molecule has 0 saturated carbocycles. The standard InChI is InChI=1S/C15H10FN5O2/c16-12-2-1-4-20-14(12)21-15(22)13-6-10(3-5-19-13)23-11-7-17-9-18-8-11/h1-9H,(H,20,21,22). The summed E-state index contributed by atoms with van der Waals surface area (Å²) in [7, 11) is 0. The van der Waals surface area contributed by atoms with Gasteiger partial charge in [0.15, 0.2) is 17.4 Å². The number of nitrogens with one attached hydrogen (secondary N) is 1. The number of ether oxygens (including phenoxy) is 1. The molecule has 0 saturated heterocycles. The molecule has 8 heteroatoms. The van der Waals surface area contributed by atoms with Crippen molar-refractivity contribution in [2.24, 2.45) is 0 Å². The van der Waals surface area contributed by atoms with Crippen LogP contribution in [-0.4, -0.2) is 25.8 Å². The molecule has 3 aromatic heterocycles. The molecule has 0 spiro atoms. The quantitative estimate of drug-likeness (QED) is 0.796. The summed E-state index contributed by atoms with van der Waals surface area (Å²) in [5, 5.41) is 2.35. The first kappa shape index (κ1) is 14.5. The van der Waals surface area contributed by atoms with E-state index >= 15 is 0 Å². The smallest absolute Gasteiger partial charge is 0.275 e. The molecular weight excluding hydrogens is 301 g/mol. The van der Waals surface area contributed by atoms with Gasteiger partial charge in [0.1, 0.15) is 17.8 Å². The number of hydrogen-bond acceptors (Lipinski definition) is 6. The van der Waals surface area contributed by atoms with E-state index in [2.05, 4.69) is 25.3 Å². The van der Waals surface area contributed by atoms with Crippen LogP contribution in [0.25, 0.3) is 0 Å². The van der Waals surface area contributed by atoms with E-state index in [0.29, 0.717) is 11.5 Å². The van der Waals surface area contributed by atoms with Gasteiger partial charge in [-0.05, 0) is 18.2 Å². The number of aromatic nitrogens is 4. The van der Waals surface area contributed by atoms with E-state index in [0.717, 1.165) is 0 Å². The Morgan fingerprint density at radius 2 is 1.91 bits per heavy atom. The Bertz CT molecular complexity index is 829. The van der Waals surface area contributed by atoms with Crippen LogP contribution in [0.3, 0.4) is 0 Å². The normalized spacial score (nSPS) is 10.1. The first-order valence-electron chi connectivity index (χ1n) is 6.53. The highest BCUT2D eigenvalue weighted by Crippen LogP contribution is 2.20. The Kier molecular flexibility index (Phi) is 4.14. The lowest BCUT2D eigenvalue weighted by Gasteiger charge is -2.07. The van der Waals surface area contributed by atoms with Crippen LogP contribution < -0.4 is 10.1 Å². The number of carbonyl (C=O) groups excluding carboxylic acids is 1. The maximum absolute atomic E-state index is 13.5. The highest BCUT2D eigenvalue weighted by Gasteiger charge is 2.12. The van der Waals surface area contributed by atoms with Gasteiger partial charge in [0.05, 0.1) is 12.4 Å². The summed E-state index contributed by atoms with van der Waals surface area (Å²) < 4.78 is 19.0. The number of pyridine rings is 2. The van der Waals surface area contributed by atoms with Crippen LogP contribution in [0.1, 0.15) is 10.5 Å². The van der Waals surface area contributed by atoms with Crippen LogP contribution >= 0.6 is 0 Å². The van der Waals surface area contributed by atoms with Gasteiger partial charge in [-0.15, -0.1) is 0 Å². The van der Waals surface area contributed by atoms with Crippen molar-refractivity contribution in [1.29, 1.82) is 0 Å². The maximum Gasteiger partial charge on any atom is 0.275 e. The Hall–Kier alpha value is -3.42. The molecule has 0 radical (unpaired) electrons. The van der Waals surface area contributed by atoms with Gasteiger partial charge < -0.3 is 10.1 Å². The van der Waals surface area contributed by atoms with E-state index in [1.54, 1.807) is 6.07 Å². The molecule has 1 amide bonds. The summed E-state index contributed by atoms with van der Waals surface area (Å²) >= 11 is 0. The fourth-order valence-corrected chi connectivity index (χ4v) is 1.72. The number of carbonyl (C=O) groups is 1. The second kappa shape index (κ2) is 6.56. The monoisotopic (exact) mass is 311 g/mol. The van der Waals surface area contributed by atoms with Crippen LogP contribution in [0.5, 0.6) is 11.5 Å². The third-order valence-electron chi connectivity index (χ3n) is 2.73. The lowest BCUT2D eigenvalue weighted by molar-refractivity contribution is 0.102. The number of amides is 1. The van der Waals surface area contributed by atoms with Gasteiger partial charge in [-0.25, -0.2) is 19.3 Å². The summed E-state index contributed by atoms with van der Waals surface area (Å²) in [6.07, 6.45) is 7.12. The fourth-order valence-electron chi connectivity index (χ4n) is 1.72. The number of hydrogen-bond donors (Lipinski definition) is 1. The number of rotatable bonds is 4. The van der Waals surface area contributed by atoms with Gasteiger partial charge in [0.25, 0.3) is 5.91 Å². The van der Waals surface area contributed by atoms with Crippen LogP contribution in [-0.2, 0) is 0 Å². The highest BCUT2D eigenvalue weighted by molar-refractivity contribution is 6.02. The molecule has 3 rings (SSSR count). The molecule has 0 aliphatic heterocycles. The van der Waals surface area contributed by atoms with Gasteiger partial charge in [0.2, 0.25) is 0 Å². The molecule has 0 atom stereocenters. The molecule has 3 aromatic rings. The van der Waals surface area contributed by atoms with Crippen LogP contribution in [0.4, 0.5) is 10.2 Å². The predicted octanol–water partition coefficient (Wildman–Crippen LogP) is 2.45. The zero-order valence-electron chi connectivity index (χ0n) is 11.7. The van der Waals surface area contributed by atoms with Crippen molar-refractivity contribution in [3.8, 4) is 11.5 Å². The van der Waals surface area contributed by atoms with Crippen molar-refractivity contribution in [2.45, 2.75) is 0 Å². The van der Waals surface area contributed by atoms with Gasteiger partial charge in [0, 0.05) is 18.5 Å². The maximum atomic E-state index is 13.5. The van der Waals surface area contributed by atoms with E-state index < -0.39 is 11.7 Å². The number of halogens is 1. The van der Waals surface area contributed by atoms with E-state index in [-0.39, 0.29) is 11.5 Å². The molecule has 0 aliphatic carbocycles. The summed E-state index contributed by atoms with van der Waals surface area (Å²) in [5.41, 5.74) is 0.0596. The van der Waals surface area contributed by atoms with E-state index in [4.69, 9.17) is 4.74 Å². The molecule has 23 heavy (non-hydrogen) atoms. The minimum atomic E-state index is -0.630. The SMILES string of the molecule is O=C(Nc1ncccc1F)c1cc(Oc2cncnc2)ccn1. The largest absolute Gasteiger partial charge is 0.454 e. The Labute approximate surface area is 130 Å². The summed E-state index contributed by atoms with van der Waals surface area (Å²) in [6, 6.07) is 5.62. The van der Waals surface area contributed by atoms with Gasteiger partial charge >= 0.3 is 0 Å². The molecule has 0 fully saturated rings. The Morgan fingerprint density at radius 3 is 2.70 bits per heavy atom. The second-order valence-corrected chi connectivity index (χ2v) is 4.34. The van der Waals surface area contributed by atoms with Crippen molar-refractivity contribution in [2.75, 3.05) is 5.32 Å². The van der Waals surface area contributed by atoms with E-state index in [9.17, 15) is 9.18 Å². The molecule has 0 aromatic carbocycles. The zero-order valence-corrected chi connectivity index (χ0v) is 11.7. The van der Waals surface area contributed by atoms with Crippen LogP contribution in [0, 0.1) is 5.82 Å². The zero-order chi connectivity index (χ0) is 16.1. The van der Waals surface area contributed by atoms with Gasteiger partial charge in [-0.2, -0.15) is 0 Å².